The van der Waals surface area contributed by atoms with Crippen LogP contribution in [0.1, 0.15) is 17.2 Å². The molecule has 1 unspecified atom stereocenters. The first-order chi connectivity index (χ1) is 10.1. The maximum absolute atomic E-state index is 13.3. The van der Waals surface area contributed by atoms with Gasteiger partial charge in [-0.25, -0.2) is 4.39 Å². The van der Waals surface area contributed by atoms with Crippen LogP contribution in [0, 0.1) is 15.9 Å². The van der Waals surface area contributed by atoms with Gasteiger partial charge in [0, 0.05) is 23.7 Å². The summed E-state index contributed by atoms with van der Waals surface area (Å²) >= 11 is 0. The summed E-state index contributed by atoms with van der Waals surface area (Å²) in [5, 5.41) is 14.1. The molecule has 0 spiro atoms. The number of rotatable bonds is 4. The molecule has 5 nitrogen and oxygen atoms in total. The Kier molecular flexibility index (Phi) is 3.53. The fourth-order valence-corrected chi connectivity index (χ4v) is 2.44. The lowest BCUT2D eigenvalue weighted by Gasteiger charge is -2.11. The Bertz CT molecular complexity index is 690. The highest BCUT2D eigenvalue weighted by Gasteiger charge is 2.24. The van der Waals surface area contributed by atoms with Gasteiger partial charge in [0.2, 0.25) is 0 Å². The van der Waals surface area contributed by atoms with Crippen molar-refractivity contribution < 1.29 is 14.1 Å². The molecule has 0 fully saturated rings. The number of ether oxygens (including phenoxy) is 1. The monoisotopic (exact) mass is 288 g/mol. The molecule has 0 saturated carbocycles. The van der Waals surface area contributed by atoms with Crippen LogP contribution in [0.15, 0.2) is 42.5 Å². The first kappa shape index (κ1) is 13.5. The van der Waals surface area contributed by atoms with E-state index in [1.807, 2.05) is 24.3 Å². The van der Waals surface area contributed by atoms with Crippen LogP contribution >= 0.6 is 0 Å². The summed E-state index contributed by atoms with van der Waals surface area (Å²) in [6, 6.07) is 11.0. The van der Waals surface area contributed by atoms with E-state index in [1.165, 1.54) is 12.1 Å². The Morgan fingerprint density at radius 3 is 2.95 bits per heavy atom. The van der Waals surface area contributed by atoms with Crippen molar-refractivity contribution in [1.29, 1.82) is 0 Å². The molecule has 6 heteroatoms. The maximum Gasteiger partial charge on any atom is 0.274 e. The molecule has 1 heterocycles. The molecule has 0 saturated heterocycles. The predicted octanol–water partition coefficient (Wildman–Crippen LogP) is 2.96. The Balaban J connectivity index is 1.77. The van der Waals surface area contributed by atoms with E-state index in [4.69, 9.17) is 4.74 Å². The standard InChI is InChI=1S/C15H13FN2O3/c16-11-5-6-14(18(19)20)10(7-11)8-17-13-9-21-15-4-2-1-3-12(13)15/h1-7,13,17H,8-9H2. The van der Waals surface area contributed by atoms with Gasteiger partial charge in [0.05, 0.1) is 11.0 Å². The van der Waals surface area contributed by atoms with Crippen LogP contribution < -0.4 is 10.1 Å². The van der Waals surface area contributed by atoms with Crippen LogP contribution in [0.2, 0.25) is 0 Å². The fourth-order valence-electron chi connectivity index (χ4n) is 2.44. The molecular formula is C15H13FN2O3. The summed E-state index contributed by atoms with van der Waals surface area (Å²) in [6.07, 6.45) is 0. The topological polar surface area (TPSA) is 64.4 Å². The second kappa shape index (κ2) is 5.49. The molecule has 2 aromatic rings. The third kappa shape index (κ3) is 2.71. The van der Waals surface area contributed by atoms with Gasteiger partial charge in [-0.2, -0.15) is 0 Å². The van der Waals surface area contributed by atoms with E-state index in [-0.39, 0.29) is 18.3 Å². The van der Waals surface area contributed by atoms with Crippen LogP contribution in [0.3, 0.4) is 0 Å². The molecule has 0 amide bonds. The Morgan fingerprint density at radius 1 is 1.33 bits per heavy atom. The second-order valence-corrected chi connectivity index (χ2v) is 4.81. The third-order valence-electron chi connectivity index (χ3n) is 3.48. The van der Waals surface area contributed by atoms with E-state index in [0.717, 1.165) is 17.4 Å². The Hall–Kier alpha value is -2.47. The highest BCUT2D eigenvalue weighted by Crippen LogP contribution is 2.32. The van der Waals surface area contributed by atoms with Crippen LogP contribution in [-0.2, 0) is 6.54 Å². The maximum atomic E-state index is 13.3. The number of para-hydroxylation sites is 1. The molecular weight excluding hydrogens is 275 g/mol. The minimum absolute atomic E-state index is 0.0518. The van der Waals surface area contributed by atoms with E-state index in [9.17, 15) is 14.5 Å². The normalized spacial score (nSPS) is 16.3. The van der Waals surface area contributed by atoms with Crippen molar-refractivity contribution in [1.82, 2.24) is 5.32 Å². The van der Waals surface area contributed by atoms with Crippen molar-refractivity contribution in [2.45, 2.75) is 12.6 Å². The highest BCUT2D eigenvalue weighted by atomic mass is 19.1. The SMILES string of the molecule is O=[N+]([O-])c1ccc(F)cc1CNC1COc2ccccc21. The van der Waals surface area contributed by atoms with Crippen LogP contribution in [-0.4, -0.2) is 11.5 Å². The number of nitrogens with one attached hydrogen (secondary N) is 1. The number of hydrogen-bond donors (Lipinski definition) is 1. The zero-order chi connectivity index (χ0) is 14.8. The minimum Gasteiger partial charge on any atom is -0.491 e. The first-order valence-corrected chi connectivity index (χ1v) is 6.53. The van der Waals surface area contributed by atoms with Crippen LogP contribution in [0.4, 0.5) is 10.1 Å². The molecule has 1 aliphatic heterocycles. The molecule has 1 atom stereocenters. The van der Waals surface area contributed by atoms with E-state index >= 15 is 0 Å². The highest BCUT2D eigenvalue weighted by molar-refractivity contribution is 5.42. The van der Waals surface area contributed by atoms with Crippen molar-refractivity contribution in [2.75, 3.05) is 6.61 Å². The predicted molar refractivity (Wildman–Crippen MR) is 74.6 cm³/mol. The lowest BCUT2D eigenvalue weighted by Crippen LogP contribution is -2.22. The zero-order valence-electron chi connectivity index (χ0n) is 11.1. The van der Waals surface area contributed by atoms with Gasteiger partial charge in [0.25, 0.3) is 5.69 Å². The van der Waals surface area contributed by atoms with Crippen molar-refractivity contribution in [3.8, 4) is 5.75 Å². The molecule has 21 heavy (non-hydrogen) atoms. The summed E-state index contributed by atoms with van der Waals surface area (Å²) in [5.41, 5.74) is 1.25. The van der Waals surface area contributed by atoms with Gasteiger partial charge in [0.1, 0.15) is 18.2 Å². The van der Waals surface area contributed by atoms with E-state index in [0.29, 0.717) is 12.2 Å². The number of benzene rings is 2. The van der Waals surface area contributed by atoms with Gasteiger partial charge in [-0.1, -0.05) is 18.2 Å². The van der Waals surface area contributed by atoms with Gasteiger partial charge >= 0.3 is 0 Å². The molecule has 2 aromatic carbocycles. The van der Waals surface area contributed by atoms with Crippen LogP contribution in [0.5, 0.6) is 5.75 Å². The smallest absolute Gasteiger partial charge is 0.274 e. The Labute approximate surface area is 120 Å². The quantitative estimate of drug-likeness (QED) is 0.694. The summed E-state index contributed by atoms with van der Waals surface area (Å²) < 4.78 is 18.8. The van der Waals surface area contributed by atoms with Gasteiger partial charge in [-0.3, -0.25) is 10.1 Å². The number of hydrogen-bond acceptors (Lipinski definition) is 4. The molecule has 1 N–H and O–H groups in total. The second-order valence-electron chi connectivity index (χ2n) is 4.81. The fraction of sp³-hybridized carbons (Fsp3) is 0.200. The third-order valence-corrected chi connectivity index (χ3v) is 3.48. The van der Waals surface area contributed by atoms with Crippen LogP contribution in [0.25, 0.3) is 0 Å². The van der Waals surface area contributed by atoms with Crippen molar-refractivity contribution in [3.05, 3.63) is 69.5 Å². The lowest BCUT2D eigenvalue weighted by atomic mass is 10.1. The van der Waals surface area contributed by atoms with E-state index in [1.54, 1.807) is 0 Å². The number of halogens is 1. The molecule has 1 aliphatic rings. The molecule has 3 rings (SSSR count). The average Bonchev–Trinajstić information content (AvgIpc) is 2.88. The van der Waals surface area contributed by atoms with Gasteiger partial charge in [-0.05, 0) is 18.2 Å². The summed E-state index contributed by atoms with van der Waals surface area (Å²) in [6.45, 7) is 0.666. The van der Waals surface area contributed by atoms with E-state index in [2.05, 4.69) is 5.32 Å². The van der Waals surface area contributed by atoms with E-state index < -0.39 is 10.7 Å². The minimum atomic E-state index is -0.504. The van der Waals surface area contributed by atoms with Crippen molar-refractivity contribution in [3.63, 3.8) is 0 Å². The molecule has 108 valence electrons. The molecule has 0 bridgehead atoms. The van der Waals surface area contributed by atoms with Gasteiger partial charge in [-0.15, -0.1) is 0 Å². The number of nitrogens with zero attached hydrogens (tertiary/aromatic N) is 1. The van der Waals surface area contributed by atoms with Gasteiger partial charge in [0.15, 0.2) is 0 Å². The van der Waals surface area contributed by atoms with Gasteiger partial charge < -0.3 is 10.1 Å². The summed E-state index contributed by atoms with van der Waals surface area (Å²) in [5.74, 6) is 0.323. The number of fused-ring (bicyclic) bond motifs is 1. The molecule has 0 aromatic heterocycles. The summed E-state index contributed by atoms with van der Waals surface area (Å²) in [4.78, 5) is 10.5. The lowest BCUT2D eigenvalue weighted by molar-refractivity contribution is -0.385. The first-order valence-electron chi connectivity index (χ1n) is 6.53. The molecule has 0 radical (unpaired) electrons. The largest absolute Gasteiger partial charge is 0.491 e. The Morgan fingerprint density at radius 2 is 2.14 bits per heavy atom. The number of nitro benzene ring substituents is 1. The summed E-state index contributed by atoms with van der Waals surface area (Å²) in [7, 11) is 0. The zero-order valence-corrected chi connectivity index (χ0v) is 11.1. The van der Waals surface area contributed by atoms with Crippen molar-refractivity contribution in [2.24, 2.45) is 0 Å². The average molecular weight is 288 g/mol. The van der Waals surface area contributed by atoms with Crippen molar-refractivity contribution >= 4 is 5.69 Å². The number of nitro groups is 1. The molecule has 0 aliphatic carbocycles.